The fourth-order valence-electron chi connectivity index (χ4n) is 2.79. The molecule has 6 heteroatoms. The summed E-state index contributed by atoms with van der Waals surface area (Å²) < 4.78 is 2.03. The number of piperazine rings is 1. The van der Waals surface area contributed by atoms with Crippen molar-refractivity contribution in [2.24, 2.45) is 7.05 Å². The third kappa shape index (κ3) is 2.61. The lowest BCUT2D eigenvalue weighted by atomic mass is 10.1. The van der Waals surface area contributed by atoms with Gasteiger partial charge in [0.05, 0.1) is 11.6 Å². The summed E-state index contributed by atoms with van der Waals surface area (Å²) in [5.74, 6) is 1.15. The van der Waals surface area contributed by atoms with Gasteiger partial charge >= 0.3 is 0 Å². The van der Waals surface area contributed by atoms with Crippen LogP contribution in [-0.4, -0.2) is 51.9 Å². The molecule has 2 aromatic heterocycles. The topological polar surface area (TPSA) is 41.4 Å². The Morgan fingerprint density at radius 1 is 1.33 bits per heavy atom. The van der Waals surface area contributed by atoms with Crippen LogP contribution in [0.15, 0.2) is 23.2 Å². The third-order valence-corrected chi connectivity index (χ3v) is 5.04. The first kappa shape index (κ1) is 14.3. The quantitative estimate of drug-likeness (QED) is 0.851. The highest BCUT2D eigenvalue weighted by atomic mass is 32.1. The standard InChI is InChI=1S/C15H20N4OS/c1-11-9-21-10-12(11)15(20)19-7-6-17(2)13(8-19)14-16-4-5-18(14)3/h4-5,9-10,13H,6-8H2,1-3H3/t13-/m1/s1. The monoisotopic (exact) mass is 304 g/mol. The van der Waals surface area contributed by atoms with Crippen LogP contribution in [0.3, 0.4) is 0 Å². The molecule has 0 aromatic carbocycles. The van der Waals surface area contributed by atoms with Crippen molar-refractivity contribution in [3.63, 3.8) is 0 Å². The molecule has 0 radical (unpaired) electrons. The van der Waals surface area contributed by atoms with Gasteiger partial charge in [-0.2, -0.15) is 11.3 Å². The van der Waals surface area contributed by atoms with Gasteiger partial charge in [-0.3, -0.25) is 9.69 Å². The lowest BCUT2D eigenvalue weighted by Crippen LogP contribution is -2.49. The molecular weight excluding hydrogens is 284 g/mol. The average Bonchev–Trinajstić information content (AvgIpc) is 3.07. The molecule has 3 heterocycles. The van der Waals surface area contributed by atoms with Gasteiger partial charge in [0.1, 0.15) is 5.82 Å². The van der Waals surface area contributed by atoms with E-state index in [1.165, 1.54) is 0 Å². The van der Waals surface area contributed by atoms with Gasteiger partial charge in [0, 0.05) is 44.5 Å². The van der Waals surface area contributed by atoms with Crippen LogP contribution in [0.5, 0.6) is 0 Å². The van der Waals surface area contributed by atoms with Crippen LogP contribution >= 0.6 is 11.3 Å². The number of hydrogen-bond donors (Lipinski definition) is 0. The van der Waals surface area contributed by atoms with Gasteiger partial charge in [0.2, 0.25) is 0 Å². The maximum atomic E-state index is 12.7. The number of carbonyl (C=O) groups is 1. The minimum atomic E-state index is 0.140. The molecule has 21 heavy (non-hydrogen) atoms. The highest BCUT2D eigenvalue weighted by molar-refractivity contribution is 7.08. The summed E-state index contributed by atoms with van der Waals surface area (Å²) in [4.78, 5) is 21.3. The highest BCUT2D eigenvalue weighted by Gasteiger charge is 2.31. The van der Waals surface area contributed by atoms with E-state index in [9.17, 15) is 4.79 Å². The van der Waals surface area contributed by atoms with E-state index in [2.05, 4.69) is 16.9 Å². The van der Waals surface area contributed by atoms with Crippen LogP contribution in [0.2, 0.25) is 0 Å². The van der Waals surface area contributed by atoms with Crippen LogP contribution < -0.4 is 0 Å². The minimum Gasteiger partial charge on any atom is -0.337 e. The molecule has 1 aliphatic heterocycles. The summed E-state index contributed by atoms with van der Waals surface area (Å²) in [7, 11) is 4.09. The zero-order valence-electron chi connectivity index (χ0n) is 12.6. The van der Waals surface area contributed by atoms with Crippen molar-refractivity contribution in [1.29, 1.82) is 0 Å². The number of rotatable bonds is 2. The maximum absolute atomic E-state index is 12.7. The van der Waals surface area contributed by atoms with Crippen molar-refractivity contribution in [3.8, 4) is 0 Å². The zero-order chi connectivity index (χ0) is 15.0. The largest absolute Gasteiger partial charge is 0.337 e. The number of likely N-dealkylation sites (N-methyl/N-ethyl adjacent to an activating group) is 1. The molecule has 0 N–H and O–H groups in total. The molecule has 1 saturated heterocycles. The van der Waals surface area contributed by atoms with E-state index < -0.39 is 0 Å². The molecule has 1 amide bonds. The van der Waals surface area contributed by atoms with Crippen LogP contribution in [0.4, 0.5) is 0 Å². The van der Waals surface area contributed by atoms with Crippen LogP contribution in [0, 0.1) is 6.92 Å². The van der Waals surface area contributed by atoms with Crippen LogP contribution in [-0.2, 0) is 7.05 Å². The fraction of sp³-hybridized carbons (Fsp3) is 0.467. The molecule has 1 fully saturated rings. The summed E-state index contributed by atoms with van der Waals surface area (Å²) in [6, 6.07) is 0.154. The van der Waals surface area contributed by atoms with Gasteiger partial charge in [0.25, 0.3) is 5.91 Å². The van der Waals surface area contributed by atoms with Crippen molar-refractivity contribution in [1.82, 2.24) is 19.4 Å². The number of nitrogens with zero attached hydrogens (tertiary/aromatic N) is 4. The number of carbonyl (C=O) groups excluding carboxylic acids is 1. The van der Waals surface area contributed by atoms with E-state index in [-0.39, 0.29) is 11.9 Å². The van der Waals surface area contributed by atoms with E-state index in [1.54, 1.807) is 11.3 Å². The first-order chi connectivity index (χ1) is 10.1. The van der Waals surface area contributed by atoms with Crippen LogP contribution in [0.1, 0.15) is 27.8 Å². The lowest BCUT2D eigenvalue weighted by molar-refractivity contribution is 0.0528. The molecule has 0 unspecified atom stereocenters. The zero-order valence-corrected chi connectivity index (χ0v) is 13.4. The SMILES string of the molecule is Cc1cscc1C(=O)N1CCN(C)[C@@H](c2nccn2C)C1. The van der Waals surface area contributed by atoms with Gasteiger partial charge in [-0.1, -0.05) is 0 Å². The fourth-order valence-corrected chi connectivity index (χ4v) is 3.61. The van der Waals surface area contributed by atoms with Crippen LogP contribution in [0.25, 0.3) is 0 Å². The summed E-state index contributed by atoms with van der Waals surface area (Å²) in [6.45, 7) is 4.32. The van der Waals surface area contributed by atoms with E-state index in [1.807, 2.05) is 46.6 Å². The molecule has 0 saturated carbocycles. The Balaban J connectivity index is 1.82. The maximum Gasteiger partial charge on any atom is 0.255 e. The Bertz CT molecular complexity index is 648. The number of aryl methyl sites for hydroxylation is 2. The predicted molar refractivity (Wildman–Crippen MR) is 83.5 cm³/mol. The predicted octanol–water partition coefficient (Wildman–Crippen LogP) is 1.92. The molecule has 0 bridgehead atoms. The van der Waals surface area contributed by atoms with Crippen molar-refractivity contribution in [2.75, 3.05) is 26.7 Å². The van der Waals surface area contributed by atoms with E-state index >= 15 is 0 Å². The second-order valence-corrected chi connectivity index (χ2v) is 6.36. The average molecular weight is 304 g/mol. The van der Waals surface area contributed by atoms with Crippen molar-refractivity contribution >= 4 is 17.2 Å². The second-order valence-electron chi connectivity index (χ2n) is 5.61. The van der Waals surface area contributed by atoms with Gasteiger partial charge < -0.3 is 9.47 Å². The van der Waals surface area contributed by atoms with Crippen molar-refractivity contribution in [2.45, 2.75) is 13.0 Å². The second kappa shape index (κ2) is 5.61. The summed E-state index contributed by atoms with van der Waals surface area (Å²) in [5, 5.41) is 3.98. The molecule has 0 spiro atoms. The minimum absolute atomic E-state index is 0.140. The molecule has 112 valence electrons. The Labute approximate surface area is 128 Å². The molecule has 1 aliphatic rings. The molecular formula is C15H20N4OS. The van der Waals surface area contributed by atoms with Gasteiger partial charge in [-0.25, -0.2) is 4.98 Å². The van der Waals surface area contributed by atoms with Gasteiger partial charge in [-0.05, 0) is 24.9 Å². The number of aromatic nitrogens is 2. The number of thiophene rings is 1. The molecule has 0 aliphatic carbocycles. The lowest BCUT2D eigenvalue weighted by Gasteiger charge is -2.39. The van der Waals surface area contributed by atoms with Gasteiger partial charge in [0.15, 0.2) is 0 Å². The van der Waals surface area contributed by atoms with E-state index in [4.69, 9.17) is 0 Å². The first-order valence-electron chi connectivity index (χ1n) is 7.07. The molecule has 1 atom stereocenters. The summed E-state index contributed by atoms with van der Waals surface area (Å²) in [5.41, 5.74) is 1.90. The first-order valence-corrected chi connectivity index (χ1v) is 8.01. The number of amides is 1. The highest BCUT2D eigenvalue weighted by Crippen LogP contribution is 2.24. The Morgan fingerprint density at radius 2 is 2.14 bits per heavy atom. The normalized spacial score (nSPS) is 20.0. The third-order valence-electron chi connectivity index (χ3n) is 4.18. The van der Waals surface area contributed by atoms with E-state index in [0.717, 1.165) is 30.0 Å². The Morgan fingerprint density at radius 3 is 2.76 bits per heavy atom. The van der Waals surface area contributed by atoms with Gasteiger partial charge in [-0.15, -0.1) is 0 Å². The smallest absolute Gasteiger partial charge is 0.255 e. The van der Waals surface area contributed by atoms with E-state index in [0.29, 0.717) is 6.54 Å². The Hall–Kier alpha value is -1.66. The summed E-state index contributed by atoms with van der Waals surface area (Å²) in [6.07, 6.45) is 3.76. The molecule has 3 rings (SSSR count). The number of hydrogen-bond acceptors (Lipinski definition) is 4. The molecule has 2 aromatic rings. The number of imidazole rings is 1. The molecule has 5 nitrogen and oxygen atoms in total. The van der Waals surface area contributed by atoms with Crippen molar-refractivity contribution in [3.05, 3.63) is 40.1 Å². The Kier molecular flexibility index (Phi) is 3.82. The summed E-state index contributed by atoms with van der Waals surface area (Å²) >= 11 is 1.59. The van der Waals surface area contributed by atoms with Crippen molar-refractivity contribution < 1.29 is 4.79 Å².